The summed E-state index contributed by atoms with van der Waals surface area (Å²) in [5.41, 5.74) is 5.91. The predicted octanol–water partition coefficient (Wildman–Crippen LogP) is -0.174. The van der Waals surface area contributed by atoms with Gasteiger partial charge >= 0.3 is 11.8 Å². The molecule has 0 radical (unpaired) electrons. The van der Waals surface area contributed by atoms with E-state index in [-0.39, 0.29) is 5.91 Å². The molecule has 19 heavy (non-hydrogen) atoms. The lowest BCUT2D eigenvalue weighted by Gasteiger charge is -2.34. The van der Waals surface area contributed by atoms with Crippen molar-refractivity contribution in [3.8, 4) is 0 Å². The molecule has 1 aromatic heterocycles. The molecule has 1 aromatic rings. The first-order chi connectivity index (χ1) is 9.00. The Labute approximate surface area is 114 Å². The number of amides is 3. The Morgan fingerprint density at radius 1 is 1.16 bits per heavy atom. The molecular weight excluding hydrogens is 266 g/mol. The predicted molar refractivity (Wildman–Crippen MR) is 70.7 cm³/mol. The number of nitrogens with zero attached hydrogens (tertiary/aromatic N) is 2. The summed E-state index contributed by atoms with van der Waals surface area (Å²) < 4.78 is 0. The minimum atomic E-state index is -0.950. The highest BCUT2D eigenvalue weighted by molar-refractivity contribution is 7.12. The van der Waals surface area contributed by atoms with Crippen LogP contribution in [-0.2, 0) is 9.59 Å². The van der Waals surface area contributed by atoms with Crippen LogP contribution in [-0.4, -0.2) is 53.7 Å². The van der Waals surface area contributed by atoms with E-state index < -0.39 is 11.8 Å². The number of nitrogens with two attached hydrogens (primary N) is 1. The summed E-state index contributed by atoms with van der Waals surface area (Å²) in [6, 6.07) is 1.91. The van der Waals surface area contributed by atoms with Crippen LogP contribution in [0.1, 0.15) is 15.2 Å². The Bertz CT molecular complexity index is 518. The molecule has 0 unspecified atom stereocenters. The van der Waals surface area contributed by atoms with Crippen molar-refractivity contribution in [2.24, 2.45) is 5.73 Å². The van der Waals surface area contributed by atoms with E-state index in [1.807, 2.05) is 18.4 Å². The Morgan fingerprint density at radius 2 is 1.74 bits per heavy atom. The zero-order chi connectivity index (χ0) is 14.0. The molecule has 0 saturated carbocycles. The molecule has 1 fully saturated rings. The van der Waals surface area contributed by atoms with Gasteiger partial charge in [-0.25, -0.2) is 0 Å². The largest absolute Gasteiger partial charge is 0.361 e. The first-order valence-electron chi connectivity index (χ1n) is 5.93. The van der Waals surface area contributed by atoms with E-state index in [1.165, 1.54) is 16.2 Å². The third-order valence-electron chi connectivity index (χ3n) is 3.12. The van der Waals surface area contributed by atoms with Crippen molar-refractivity contribution in [2.75, 3.05) is 26.2 Å². The maximum absolute atomic E-state index is 12.2. The van der Waals surface area contributed by atoms with E-state index in [0.717, 1.165) is 10.4 Å². The SMILES string of the molecule is Cc1ccsc1C(=O)N1CCN(C(=O)C(N)=O)CC1. The second-order valence-electron chi connectivity index (χ2n) is 4.38. The third kappa shape index (κ3) is 2.76. The zero-order valence-electron chi connectivity index (χ0n) is 10.6. The summed E-state index contributed by atoms with van der Waals surface area (Å²) in [7, 11) is 0. The molecule has 0 bridgehead atoms. The number of hydrogen-bond acceptors (Lipinski definition) is 4. The van der Waals surface area contributed by atoms with Gasteiger partial charge in [-0.1, -0.05) is 0 Å². The number of thiophene rings is 1. The van der Waals surface area contributed by atoms with Gasteiger partial charge in [0.15, 0.2) is 0 Å². The fraction of sp³-hybridized carbons (Fsp3) is 0.417. The van der Waals surface area contributed by atoms with Crippen molar-refractivity contribution in [3.05, 3.63) is 21.9 Å². The van der Waals surface area contributed by atoms with Gasteiger partial charge in [-0.05, 0) is 23.9 Å². The molecule has 2 heterocycles. The van der Waals surface area contributed by atoms with Gasteiger partial charge < -0.3 is 15.5 Å². The van der Waals surface area contributed by atoms with E-state index in [2.05, 4.69) is 0 Å². The van der Waals surface area contributed by atoms with Crippen molar-refractivity contribution in [1.29, 1.82) is 0 Å². The van der Waals surface area contributed by atoms with Crippen LogP contribution in [0.15, 0.2) is 11.4 Å². The lowest BCUT2D eigenvalue weighted by atomic mass is 10.2. The van der Waals surface area contributed by atoms with Gasteiger partial charge in [0.25, 0.3) is 5.91 Å². The van der Waals surface area contributed by atoms with Crippen molar-refractivity contribution in [1.82, 2.24) is 9.80 Å². The molecule has 0 aromatic carbocycles. The number of rotatable bonds is 1. The summed E-state index contributed by atoms with van der Waals surface area (Å²) in [5, 5.41) is 1.88. The van der Waals surface area contributed by atoms with Crippen LogP contribution in [0.4, 0.5) is 0 Å². The highest BCUT2D eigenvalue weighted by Gasteiger charge is 2.27. The monoisotopic (exact) mass is 281 g/mol. The summed E-state index contributed by atoms with van der Waals surface area (Å²) in [6.07, 6.45) is 0. The van der Waals surface area contributed by atoms with Gasteiger partial charge in [0.2, 0.25) is 0 Å². The standard InChI is InChI=1S/C12H15N3O3S/c1-8-2-7-19-9(8)11(17)14-3-5-15(6-4-14)12(18)10(13)16/h2,7H,3-6H2,1H3,(H2,13,16). The smallest absolute Gasteiger partial charge is 0.311 e. The van der Waals surface area contributed by atoms with Gasteiger partial charge in [0.1, 0.15) is 0 Å². The van der Waals surface area contributed by atoms with E-state index >= 15 is 0 Å². The molecule has 3 amide bonds. The van der Waals surface area contributed by atoms with Crippen molar-refractivity contribution >= 4 is 29.1 Å². The number of piperazine rings is 1. The zero-order valence-corrected chi connectivity index (χ0v) is 11.4. The molecular formula is C12H15N3O3S. The van der Waals surface area contributed by atoms with Crippen LogP contribution >= 0.6 is 11.3 Å². The van der Waals surface area contributed by atoms with Crippen LogP contribution < -0.4 is 5.73 Å². The van der Waals surface area contributed by atoms with E-state index in [1.54, 1.807) is 4.90 Å². The van der Waals surface area contributed by atoms with E-state index in [9.17, 15) is 14.4 Å². The highest BCUT2D eigenvalue weighted by atomic mass is 32.1. The van der Waals surface area contributed by atoms with Gasteiger partial charge in [-0.15, -0.1) is 11.3 Å². The first kappa shape index (κ1) is 13.5. The maximum Gasteiger partial charge on any atom is 0.311 e. The van der Waals surface area contributed by atoms with Gasteiger partial charge in [0.05, 0.1) is 4.88 Å². The molecule has 7 heteroatoms. The molecule has 0 spiro atoms. The van der Waals surface area contributed by atoms with Crippen LogP contribution in [0.2, 0.25) is 0 Å². The summed E-state index contributed by atoms with van der Waals surface area (Å²) in [4.78, 5) is 38.2. The fourth-order valence-electron chi connectivity index (χ4n) is 2.00. The van der Waals surface area contributed by atoms with Gasteiger partial charge in [0, 0.05) is 26.2 Å². The molecule has 2 rings (SSSR count). The molecule has 102 valence electrons. The van der Waals surface area contributed by atoms with Crippen LogP contribution in [0.25, 0.3) is 0 Å². The lowest BCUT2D eigenvalue weighted by molar-refractivity contribution is -0.145. The normalized spacial score (nSPS) is 15.4. The van der Waals surface area contributed by atoms with Crippen molar-refractivity contribution in [3.63, 3.8) is 0 Å². The fourth-order valence-corrected chi connectivity index (χ4v) is 2.90. The van der Waals surface area contributed by atoms with Gasteiger partial charge in [-0.2, -0.15) is 0 Å². The molecule has 1 saturated heterocycles. The summed E-state index contributed by atoms with van der Waals surface area (Å²) in [5.74, 6) is -1.65. The van der Waals surface area contributed by atoms with Crippen LogP contribution in [0.3, 0.4) is 0 Å². The first-order valence-corrected chi connectivity index (χ1v) is 6.80. The van der Waals surface area contributed by atoms with Gasteiger partial charge in [-0.3, -0.25) is 14.4 Å². The van der Waals surface area contributed by atoms with Crippen molar-refractivity contribution < 1.29 is 14.4 Å². The maximum atomic E-state index is 12.2. The number of carbonyl (C=O) groups is 3. The topological polar surface area (TPSA) is 83.7 Å². The molecule has 6 nitrogen and oxygen atoms in total. The Hall–Kier alpha value is -1.89. The second kappa shape index (κ2) is 5.40. The second-order valence-corrected chi connectivity index (χ2v) is 5.30. The van der Waals surface area contributed by atoms with Crippen molar-refractivity contribution in [2.45, 2.75) is 6.92 Å². The minimum absolute atomic E-state index is 0.0151. The number of primary amides is 1. The average molecular weight is 281 g/mol. The molecule has 2 N–H and O–H groups in total. The summed E-state index contributed by atoms with van der Waals surface area (Å²) in [6.45, 7) is 3.44. The highest BCUT2D eigenvalue weighted by Crippen LogP contribution is 2.18. The lowest BCUT2D eigenvalue weighted by Crippen LogP contribution is -2.53. The van der Waals surface area contributed by atoms with Crippen LogP contribution in [0, 0.1) is 6.92 Å². The Kier molecular flexibility index (Phi) is 3.84. The minimum Gasteiger partial charge on any atom is -0.361 e. The van der Waals surface area contributed by atoms with E-state index in [4.69, 9.17) is 5.73 Å². The Morgan fingerprint density at radius 3 is 2.21 bits per heavy atom. The number of aryl methyl sites for hydroxylation is 1. The third-order valence-corrected chi connectivity index (χ3v) is 4.13. The molecule has 0 aliphatic carbocycles. The Balaban J connectivity index is 1.97. The van der Waals surface area contributed by atoms with Crippen LogP contribution in [0.5, 0.6) is 0 Å². The number of hydrogen-bond donors (Lipinski definition) is 1. The average Bonchev–Trinajstić information content (AvgIpc) is 2.83. The molecule has 1 aliphatic heterocycles. The molecule has 1 aliphatic rings. The quantitative estimate of drug-likeness (QED) is 0.725. The molecule has 0 atom stereocenters. The summed E-state index contributed by atoms with van der Waals surface area (Å²) >= 11 is 1.42. The number of carbonyl (C=O) groups excluding carboxylic acids is 3. The van der Waals surface area contributed by atoms with E-state index in [0.29, 0.717) is 26.2 Å².